The van der Waals surface area contributed by atoms with Gasteiger partial charge in [0.15, 0.2) is 0 Å². The molecule has 0 saturated heterocycles. The van der Waals surface area contributed by atoms with Crippen molar-refractivity contribution in [1.29, 1.82) is 5.26 Å². The first kappa shape index (κ1) is 8.51. The second-order valence-corrected chi connectivity index (χ2v) is 3.09. The highest BCUT2D eigenvalue weighted by Crippen LogP contribution is 2.24. The number of nitrogens with zero attached hydrogens (tertiary/aromatic N) is 2. The average molecular weight is 231 g/mol. The minimum atomic E-state index is 0.279. The van der Waals surface area contributed by atoms with E-state index in [1.54, 1.807) is 12.3 Å². The van der Waals surface area contributed by atoms with E-state index in [0.717, 1.165) is 0 Å². The molecule has 0 unspecified atom stereocenters. The Kier molecular flexibility index (Phi) is 2.86. The first-order valence-electron chi connectivity index (χ1n) is 2.91. The Morgan fingerprint density at radius 1 is 1.73 bits per heavy atom. The molecule has 1 rings (SSSR count). The molecule has 0 radical (unpaired) electrons. The lowest BCUT2D eigenvalue weighted by Gasteiger charge is -1.98. The smallest absolute Gasteiger partial charge is 0.0786 e. The van der Waals surface area contributed by atoms with E-state index in [1.807, 2.05) is 6.07 Å². The number of pyridine rings is 1. The summed E-state index contributed by atoms with van der Waals surface area (Å²) in [5.74, 6) is 0. The zero-order valence-corrected chi connectivity index (χ0v) is 7.85. The molecule has 2 nitrogen and oxygen atoms in total. The summed E-state index contributed by atoms with van der Waals surface area (Å²) in [5.41, 5.74) is 0.681. The minimum absolute atomic E-state index is 0.279. The highest BCUT2D eigenvalue weighted by atomic mass is 79.9. The zero-order valence-electron chi connectivity index (χ0n) is 5.51. The summed E-state index contributed by atoms with van der Waals surface area (Å²) in [6.07, 6.45) is 1.86. The van der Waals surface area contributed by atoms with Crippen molar-refractivity contribution in [2.45, 2.75) is 6.42 Å². The molecule has 0 N–H and O–H groups in total. The van der Waals surface area contributed by atoms with Gasteiger partial charge in [-0.2, -0.15) is 5.26 Å². The summed E-state index contributed by atoms with van der Waals surface area (Å²) < 4.78 is 0.711. The van der Waals surface area contributed by atoms with E-state index in [2.05, 4.69) is 20.9 Å². The van der Waals surface area contributed by atoms with Crippen LogP contribution in [0.4, 0.5) is 0 Å². The highest BCUT2D eigenvalue weighted by molar-refractivity contribution is 9.10. The second kappa shape index (κ2) is 3.70. The molecular formula is C7H4BrClN2. The Balaban J connectivity index is 3.08. The molecule has 0 aliphatic heterocycles. The molecule has 56 valence electrons. The highest BCUT2D eigenvalue weighted by Gasteiger charge is 2.03. The first-order chi connectivity index (χ1) is 5.25. The van der Waals surface area contributed by atoms with Gasteiger partial charge in [-0.05, 0) is 22.0 Å². The monoisotopic (exact) mass is 230 g/mol. The van der Waals surface area contributed by atoms with Gasteiger partial charge in [0.25, 0.3) is 0 Å². The summed E-state index contributed by atoms with van der Waals surface area (Å²) in [6, 6.07) is 3.67. The van der Waals surface area contributed by atoms with Gasteiger partial charge in [-0.25, -0.2) is 0 Å². The third kappa shape index (κ3) is 1.92. The molecule has 0 bridgehead atoms. The van der Waals surface area contributed by atoms with Crippen LogP contribution in [-0.4, -0.2) is 4.98 Å². The van der Waals surface area contributed by atoms with Gasteiger partial charge in [0.05, 0.1) is 27.7 Å². The fraction of sp³-hybridized carbons (Fsp3) is 0.143. The van der Waals surface area contributed by atoms with Crippen LogP contribution in [0.2, 0.25) is 5.02 Å². The van der Waals surface area contributed by atoms with Crippen LogP contribution in [0.15, 0.2) is 16.7 Å². The van der Waals surface area contributed by atoms with E-state index >= 15 is 0 Å². The van der Waals surface area contributed by atoms with Gasteiger partial charge in [0.2, 0.25) is 0 Å². The van der Waals surface area contributed by atoms with Crippen LogP contribution in [0.25, 0.3) is 0 Å². The predicted molar refractivity (Wildman–Crippen MR) is 46.3 cm³/mol. The number of rotatable bonds is 1. The van der Waals surface area contributed by atoms with E-state index in [9.17, 15) is 0 Å². The number of nitriles is 1. The van der Waals surface area contributed by atoms with Crippen LogP contribution < -0.4 is 0 Å². The van der Waals surface area contributed by atoms with Crippen molar-refractivity contribution in [3.63, 3.8) is 0 Å². The van der Waals surface area contributed by atoms with Gasteiger partial charge in [-0.15, -0.1) is 0 Å². The molecule has 4 heteroatoms. The van der Waals surface area contributed by atoms with Crippen molar-refractivity contribution >= 4 is 27.5 Å². The Bertz CT molecular complexity index is 306. The van der Waals surface area contributed by atoms with Crippen LogP contribution in [0.1, 0.15) is 5.69 Å². The molecule has 0 aliphatic carbocycles. The van der Waals surface area contributed by atoms with Gasteiger partial charge in [-0.3, -0.25) is 4.98 Å². The molecule has 0 saturated carbocycles. The molecule has 11 heavy (non-hydrogen) atoms. The third-order valence-electron chi connectivity index (χ3n) is 1.16. The van der Waals surface area contributed by atoms with E-state index in [1.165, 1.54) is 0 Å². The normalized spacial score (nSPS) is 9.18. The number of hydrogen-bond acceptors (Lipinski definition) is 2. The van der Waals surface area contributed by atoms with Crippen LogP contribution in [0.5, 0.6) is 0 Å². The Morgan fingerprint density at radius 2 is 2.45 bits per heavy atom. The molecule has 0 fully saturated rings. The Hall–Kier alpha value is -0.590. The largest absolute Gasteiger partial charge is 0.259 e. The van der Waals surface area contributed by atoms with Gasteiger partial charge < -0.3 is 0 Å². The fourth-order valence-corrected chi connectivity index (χ4v) is 1.20. The summed E-state index contributed by atoms with van der Waals surface area (Å²) >= 11 is 8.99. The van der Waals surface area contributed by atoms with Crippen LogP contribution in [0, 0.1) is 11.3 Å². The lowest BCUT2D eigenvalue weighted by molar-refractivity contribution is 1.10. The zero-order chi connectivity index (χ0) is 8.27. The molecule has 0 amide bonds. The number of halogens is 2. The molecular weight excluding hydrogens is 227 g/mol. The molecule has 0 aromatic carbocycles. The first-order valence-corrected chi connectivity index (χ1v) is 4.08. The summed E-state index contributed by atoms with van der Waals surface area (Å²) in [6.45, 7) is 0. The summed E-state index contributed by atoms with van der Waals surface area (Å²) in [7, 11) is 0. The molecule has 0 aliphatic rings. The van der Waals surface area contributed by atoms with Gasteiger partial charge in [0, 0.05) is 6.20 Å². The maximum absolute atomic E-state index is 8.38. The molecule has 0 atom stereocenters. The fourth-order valence-electron chi connectivity index (χ4n) is 0.658. The molecule has 0 spiro atoms. The quantitative estimate of drug-likeness (QED) is 0.745. The van der Waals surface area contributed by atoms with E-state index in [-0.39, 0.29) is 6.42 Å². The SMILES string of the molecule is N#CCc1nccc(Cl)c1Br. The Morgan fingerprint density at radius 3 is 3.09 bits per heavy atom. The number of hydrogen-bond donors (Lipinski definition) is 0. The maximum atomic E-state index is 8.38. The van der Waals surface area contributed by atoms with Crippen molar-refractivity contribution in [3.05, 3.63) is 27.5 Å². The van der Waals surface area contributed by atoms with Crippen LogP contribution in [0.3, 0.4) is 0 Å². The lowest BCUT2D eigenvalue weighted by atomic mass is 10.3. The third-order valence-corrected chi connectivity index (χ3v) is 2.59. The van der Waals surface area contributed by atoms with E-state index in [4.69, 9.17) is 16.9 Å². The van der Waals surface area contributed by atoms with Crippen LogP contribution in [-0.2, 0) is 6.42 Å². The summed E-state index contributed by atoms with van der Waals surface area (Å²) in [5, 5.41) is 8.97. The van der Waals surface area contributed by atoms with Gasteiger partial charge in [0.1, 0.15) is 0 Å². The van der Waals surface area contributed by atoms with Gasteiger partial charge in [-0.1, -0.05) is 11.6 Å². The van der Waals surface area contributed by atoms with E-state index in [0.29, 0.717) is 15.2 Å². The second-order valence-electron chi connectivity index (χ2n) is 1.89. The molecule has 1 heterocycles. The van der Waals surface area contributed by atoms with Crippen LogP contribution >= 0.6 is 27.5 Å². The average Bonchev–Trinajstić information content (AvgIpc) is 1.99. The van der Waals surface area contributed by atoms with Crippen molar-refractivity contribution in [2.24, 2.45) is 0 Å². The standard InChI is InChI=1S/C7H4BrClN2/c8-7-5(9)2-4-11-6(7)1-3-10/h2,4H,1H2. The molecule has 1 aromatic rings. The van der Waals surface area contributed by atoms with Crippen molar-refractivity contribution < 1.29 is 0 Å². The topological polar surface area (TPSA) is 36.7 Å². The number of aromatic nitrogens is 1. The lowest BCUT2D eigenvalue weighted by Crippen LogP contribution is -1.88. The predicted octanol–water partition coefficient (Wildman–Crippen LogP) is 2.56. The Labute approximate surface area is 77.9 Å². The maximum Gasteiger partial charge on any atom is 0.0786 e. The van der Waals surface area contributed by atoms with Crippen molar-refractivity contribution in [2.75, 3.05) is 0 Å². The van der Waals surface area contributed by atoms with Crippen molar-refractivity contribution in [1.82, 2.24) is 4.98 Å². The minimum Gasteiger partial charge on any atom is -0.259 e. The van der Waals surface area contributed by atoms with E-state index < -0.39 is 0 Å². The van der Waals surface area contributed by atoms with Gasteiger partial charge >= 0.3 is 0 Å². The van der Waals surface area contributed by atoms with Crippen molar-refractivity contribution in [3.8, 4) is 6.07 Å². The molecule has 1 aromatic heterocycles. The summed E-state index contributed by atoms with van der Waals surface area (Å²) in [4.78, 5) is 3.98.